The highest BCUT2D eigenvalue weighted by Gasteiger charge is 2.26. The fourth-order valence-electron chi connectivity index (χ4n) is 2.76. The molecule has 2 heterocycles. The molecule has 1 aliphatic carbocycles. The first-order valence-corrected chi connectivity index (χ1v) is 7.25. The summed E-state index contributed by atoms with van der Waals surface area (Å²) >= 11 is 0. The van der Waals surface area contributed by atoms with E-state index in [1.54, 1.807) is 23.1 Å². The summed E-state index contributed by atoms with van der Waals surface area (Å²) < 4.78 is 1.59. The Morgan fingerprint density at radius 3 is 2.73 bits per heavy atom. The summed E-state index contributed by atoms with van der Waals surface area (Å²) in [5.74, 6) is 0.155. The molecule has 0 saturated heterocycles. The van der Waals surface area contributed by atoms with E-state index >= 15 is 0 Å². The van der Waals surface area contributed by atoms with Gasteiger partial charge in [0.1, 0.15) is 12.0 Å². The highest BCUT2D eigenvalue weighted by atomic mass is 16.4. The van der Waals surface area contributed by atoms with Crippen molar-refractivity contribution in [3.8, 4) is 5.82 Å². The van der Waals surface area contributed by atoms with E-state index in [1.807, 2.05) is 0 Å². The van der Waals surface area contributed by atoms with Crippen LogP contribution in [0.15, 0.2) is 24.8 Å². The third kappa shape index (κ3) is 2.85. The smallest absolute Gasteiger partial charge is 0.306 e. The molecule has 8 nitrogen and oxygen atoms in total. The van der Waals surface area contributed by atoms with Gasteiger partial charge < -0.3 is 16.2 Å². The molecule has 2 aromatic rings. The molecule has 0 bridgehead atoms. The van der Waals surface area contributed by atoms with Crippen LogP contribution >= 0.6 is 0 Å². The monoisotopic (exact) mass is 302 g/mol. The lowest BCUT2D eigenvalue weighted by atomic mass is 9.86. The second kappa shape index (κ2) is 6.00. The summed E-state index contributed by atoms with van der Waals surface area (Å²) in [5, 5.41) is 16.4. The fourth-order valence-corrected chi connectivity index (χ4v) is 2.76. The zero-order chi connectivity index (χ0) is 15.5. The van der Waals surface area contributed by atoms with Gasteiger partial charge in [0.05, 0.1) is 5.92 Å². The van der Waals surface area contributed by atoms with Gasteiger partial charge in [-0.25, -0.2) is 14.6 Å². The van der Waals surface area contributed by atoms with Crippen molar-refractivity contribution in [2.24, 2.45) is 5.92 Å². The Hall–Kier alpha value is -2.64. The normalized spacial score (nSPS) is 21.5. The molecular weight excluding hydrogens is 284 g/mol. The van der Waals surface area contributed by atoms with Crippen molar-refractivity contribution in [2.75, 3.05) is 11.1 Å². The van der Waals surface area contributed by atoms with Crippen LogP contribution in [-0.2, 0) is 4.79 Å². The zero-order valence-corrected chi connectivity index (χ0v) is 12.0. The predicted molar refractivity (Wildman–Crippen MR) is 80.6 cm³/mol. The molecule has 4 N–H and O–H groups in total. The first-order valence-electron chi connectivity index (χ1n) is 7.25. The summed E-state index contributed by atoms with van der Waals surface area (Å²) in [5.41, 5.74) is 6.56. The third-order valence-corrected chi connectivity index (χ3v) is 4.00. The van der Waals surface area contributed by atoms with Gasteiger partial charge >= 0.3 is 5.97 Å². The molecule has 22 heavy (non-hydrogen) atoms. The number of anilines is 2. The minimum absolute atomic E-state index is 0.179. The van der Waals surface area contributed by atoms with Crippen molar-refractivity contribution < 1.29 is 9.90 Å². The molecular formula is C14H18N6O2. The maximum atomic E-state index is 11.0. The quantitative estimate of drug-likeness (QED) is 0.778. The van der Waals surface area contributed by atoms with E-state index in [9.17, 15) is 4.79 Å². The predicted octanol–water partition coefficient (Wildman–Crippen LogP) is 1.30. The van der Waals surface area contributed by atoms with Crippen molar-refractivity contribution in [1.29, 1.82) is 0 Å². The summed E-state index contributed by atoms with van der Waals surface area (Å²) in [7, 11) is 0. The van der Waals surface area contributed by atoms with E-state index in [1.165, 1.54) is 6.33 Å². The number of rotatable bonds is 4. The summed E-state index contributed by atoms with van der Waals surface area (Å²) in [6, 6.07) is 1.97. The van der Waals surface area contributed by atoms with Crippen molar-refractivity contribution in [3.63, 3.8) is 0 Å². The van der Waals surface area contributed by atoms with Crippen molar-refractivity contribution >= 4 is 17.5 Å². The van der Waals surface area contributed by atoms with Crippen molar-refractivity contribution in [1.82, 2.24) is 19.7 Å². The van der Waals surface area contributed by atoms with Crippen LogP contribution < -0.4 is 11.1 Å². The number of nitrogens with zero attached hydrogens (tertiary/aromatic N) is 4. The van der Waals surface area contributed by atoms with Gasteiger partial charge in [-0.1, -0.05) is 0 Å². The number of hydrogen-bond donors (Lipinski definition) is 3. The molecule has 1 saturated carbocycles. The van der Waals surface area contributed by atoms with Crippen LogP contribution in [0.2, 0.25) is 0 Å². The van der Waals surface area contributed by atoms with E-state index < -0.39 is 5.97 Å². The van der Waals surface area contributed by atoms with Crippen molar-refractivity contribution in [3.05, 3.63) is 24.8 Å². The number of nitrogens with two attached hydrogens (primary N) is 1. The summed E-state index contributed by atoms with van der Waals surface area (Å²) in [6.07, 6.45) is 7.78. The van der Waals surface area contributed by atoms with Crippen molar-refractivity contribution in [2.45, 2.75) is 31.7 Å². The highest BCUT2D eigenvalue weighted by molar-refractivity contribution is 5.70. The number of nitrogens with one attached hydrogen (secondary N) is 1. The van der Waals surface area contributed by atoms with Crippen LogP contribution in [0.25, 0.3) is 5.82 Å². The largest absolute Gasteiger partial charge is 0.481 e. The second-order valence-corrected chi connectivity index (χ2v) is 5.44. The van der Waals surface area contributed by atoms with E-state index in [4.69, 9.17) is 10.8 Å². The molecule has 0 spiro atoms. The lowest BCUT2D eigenvalue weighted by Crippen LogP contribution is -2.30. The molecule has 0 aliphatic heterocycles. The van der Waals surface area contributed by atoms with Gasteiger partial charge in [0.25, 0.3) is 0 Å². The minimum atomic E-state index is -0.707. The molecule has 1 aliphatic rings. The van der Waals surface area contributed by atoms with Gasteiger partial charge in [-0.2, -0.15) is 5.10 Å². The van der Waals surface area contributed by atoms with Crippen LogP contribution in [0.1, 0.15) is 25.7 Å². The minimum Gasteiger partial charge on any atom is -0.481 e. The lowest BCUT2D eigenvalue weighted by molar-refractivity contribution is -0.142. The lowest BCUT2D eigenvalue weighted by Gasteiger charge is -2.27. The number of carbonyl (C=O) groups is 1. The first kappa shape index (κ1) is 14.3. The third-order valence-electron chi connectivity index (χ3n) is 4.00. The summed E-state index contributed by atoms with van der Waals surface area (Å²) in [4.78, 5) is 19.3. The van der Waals surface area contributed by atoms with Gasteiger partial charge in [-0.05, 0) is 31.7 Å². The van der Waals surface area contributed by atoms with Crippen LogP contribution in [0.4, 0.5) is 11.5 Å². The standard InChI is InChI=1S/C14H18N6O2/c15-11-12(16-8-17-13(11)20-7-1-6-18-20)19-10-4-2-9(3-5-10)14(21)22/h1,6-10H,2-5,15H2,(H,21,22)(H,16,17,19). The maximum absolute atomic E-state index is 11.0. The first-order chi connectivity index (χ1) is 10.6. The Kier molecular flexibility index (Phi) is 3.90. The molecule has 2 aromatic heterocycles. The number of carboxylic acids is 1. The average Bonchev–Trinajstić information content (AvgIpc) is 3.04. The molecule has 1 fully saturated rings. The number of nitrogen functional groups attached to an aromatic ring is 1. The van der Waals surface area contributed by atoms with Crippen LogP contribution in [0.5, 0.6) is 0 Å². The Balaban J connectivity index is 1.71. The summed E-state index contributed by atoms with van der Waals surface area (Å²) in [6.45, 7) is 0. The van der Waals surface area contributed by atoms with Gasteiger partial charge in [-0.3, -0.25) is 4.79 Å². The molecule has 0 unspecified atom stereocenters. The Morgan fingerprint density at radius 2 is 2.09 bits per heavy atom. The van der Waals surface area contributed by atoms with Gasteiger partial charge in [-0.15, -0.1) is 0 Å². The zero-order valence-electron chi connectivity index (χ0n) is 12.0. The number of hydrogen-bond acceptors (Lipinski definition) is 6. The SMILES string of the molecule is Nc1c(NC2CCC(C(=O)O)CC2)ncnc1-n1cccn1. The topological polar surface area (TPSA) is 119 Å². The maximum Gasteiger partial charge on any atom is 0.306 e. The van der Waals surface area contributed by atoms with E-state index in [0.29, 0.717) is 30.2 Å². The molecule has 8 heteroatoms. The van der Waals surface area contributed by atoms with E-state index in [0.717, 1.165) is 12.8 Å². The van der Waals surface area contributed by atoms with Crippen LogP contribution in [-0.4, -0.2) is 36.9 Å². The molecule has 0 atom stereocenters. The fraction of sp³-hybridized carbons (Fsp3) is 0.429. The molecule has 116 valence electrons. The Labute approximate surface area is 127 Å². The molecule has 3 rings (SSSR count). The second-order valence-electron chi connectivity index (χ2n) is 5.44. The Bertz CT molecular complexity index is 649. The molecule has 0 amide bonds. The van der Waals surface area contributed by atoms with Crippen LogP contribution in [0, 0.1) is 5.92 Å². The average molecular weight is 302 g/mol. The molecule has 0 radical (unpaired) electrons. The molecule has 0 aromatic carbocycles. The van der Waals surface area contributed by atoms with Gasteiger partial charge in [0.15, 0.2) is 11.6 Å². The Morgan fingerprint density at radius 1 is 1.32 bits per heavy atom. The van der Waals surface area contributed by atoms with E-state index in [-0.39, 0.29) is 12.0 Å². The highest BCUT2D eigenvalue weighted by Crippen LogP contribution is 2.28. The van der Waals surface area contributed by atoms with Gasteiger partial charge in [0, 0.05) is 18.4 Å². The van der Waals surface area contributed by atoms with Gasteiger partial charge in [0.2, 0.25) is 0 Å². The van der Waals surface area contributed by atoms with Crippen LogP contribution in [0.3, 0.4) is 0 Å². The number of aromatic nitrogens is 4. The number of carboxylic acid groups (broad SMARTS) is 1. The van der Waals surface area contributed by atoms with E-state index in [2.05, 4.69) is 20.4 Å². The number of aliphatic carboxylic acids is 1.